The van der Waals surface area contributed by atoms with Crippen LogP contribution in [-0.2, 0) is 9.84 Å². The molecule has 7 nitrogen and oxygen atoms in total. The maximum Gasteiger partial charge on any atom is 0.211 e. The van der Waals surface area contributed by atoms with Crippen LogP contribution >= 0.6 is 0 Å². The summed E-state index contributed by atoms with van der Waals surface area (Å²) >= 11 is 0. The van der Waals surface area contributed by atoms with Gasteiger partial charge in [0.15, 0.2) is 11.6 Å². The number of carbonyl (C=O) groups is 2. The number of rotatable bonds is 5. The normalized spacial score (nSPS) is 19.1. The fraction of sp³-hybridized carbons (Fsp3) is 0.172. The third kappa shape index (κ3) is 3.84. The van der Waals surface area contributed by atoms with Crippen LogP contribution in [0.1, 0.15) is 52.1 Å². The van der Waals surface area contributed by atoms with Crippen molar-refractivity contribution in [3.8, 4) is 0 Å². The highest BCUT2D eigenvalue weighted by Gasteiger charge is 2.40. The minimum Gasteiger partial charge on any atom is -0.507 e. The zero-order chi connectivity index (χ0) is 26.5. The number of nitrogens with one attached hydrogen (secondary N) is 1. The third-order valence-electron chi connectivity index (χ3n) is 7.12. The fourth-order valence-electron chi connectivity index (χ4n) is 4.97. The maximum atomic E-state index is 13.5. The second kappa shape index (κ2) is 8.74. The first kappa shape index (κ1) is 24.5. The van der Waals surface area contributed by atoms with Gasteiger partial charge in [-0.3, -0.25) is 9.59 Å². The van der Waals surface area contributed by atoms with E-state index in [1.165, 1.54) is 24.3 Å². The molecule has 8 heteroatoms. The van der Waals surface area contributed by atoms with Crippen molar-refractivity contribution in [1.82, 2.24) is 0 Å². The number of nitrogen functional groups attached to an aromatic ring is 1. The molecule has 37 heavy (non-hydrogen) atoms. The van der Waals surface area contributed by atoms with Gasteiger partial charge < -0.3 is 16.2 Å². The molecule has 188 valence electrons. The molecule has 0 saturated carbocycles. The van der Waals surface area contributed by atoms with Crippen molar-refractivity contribution in [2.24, 2.45) is 5.92 Å². The summed E-state index contributed by atoms with van der Waals surface area (Å²) in [6, 6.07) is 17.9. The van der Waals surface area contributed by atoms with Gasteiger partial charge in [-0.25, -0.2) is 8.42 Å². The minimum absolute atomic E-state index is 0.0777. The zero-order valence-electron chi connectivity index (χ0n) is 20.4. The van der Waals surface area contributed by atoms with Crippen molar-refractivity contribution in [2.45, 2.75) is 30.7 Å². The van der Waals surface area contributed by atoms with E-state index < -0.39 is 21.1 Å². The number of benzene rings is 3. The Labute approximate surface area is 215 Å². The first-order valence-electron chi connectivity index (χ1n) is 11.9. The lowest BCUT2D eigenvalue weighted by Crippen LogP contribution is -2.44. The maximum absolute atomic E-state index is 13.5. The Bertz CT molecular complexity index is 1640. The van der Waals surface area contributed by atoms with E-state index in [1.54, 1.807) is 54.6 Å². The second-order valence-electron chi connectivity index (χ2n) is 9.60. The monoisotopic (exact) mass is 514 g/mol. The van der Waals surface area contributed by atoms with E-state index in [0.717, 1.165) is 0 Å². The number of carbonyl (C=O) groups excluding carboxylic acids is 2. The Morgan fingerprint density at radius 2 is 1.51 bits per heavy atom. The summed E-state index contributed by atoms with van der Waals surface area (Å²) < 4.78 is 26.6. The Balaban J connectivity index is 1.56. The number of sulfone groups is 1. The van der Waals surface area contributed by atoms with E-state index in [-0.39, 0.29) is 45.0 Å². The molecule has 4 N–H and O–H groups in total. The lowest BCUT2D eigenvalue weighted by molar-refractivity contribution is 0.0979. The summed E-state index contributed by atoms with van der Waals surface area (Å²) in [6.07, 6.45) is 3.16. The van der Waals surface area contributed by atoms with E-state index in [4.69, 9.17) is 5.73 Å². The molecule has 3 aromatic rings. The van der Waals surface area contributed by atoms with Crippen molar-refractivity contribution in [3.05, 3.63) is 112 Å². The van der Waals surface area contributed by atoms with Gasteiger partial charge in [0.25, 0.3) is 0 Å². The van der Waals surface area contributed by atoms with E-state index >= 15 is 0 Å². The summed E-state index contributed by atoms with van der Waals surface area (Å²) in [6.45, 7) is 3.86. The predicted octanol–water partition coefficient (Wildman–Crippen LogP) is 5.05. The molecule has 5 rings (SSSR count). The highest BCUT2D eigenvalue weighted by atomic mass is 32.2. The largest absolute Gasteiger partial charge is 0.507 e. The number of fused-ring (bicyclic) bond motifs is 2. The summed E-state index contributed by atoms with van der Waals surface area (Å²) in [5.41, 5.74) is 6.77. The van der Waals surface area contributed by atoms with Crippen LogP contribution in [0.15, 0.2) is 94.4 Å². The van der Waals surface area contributed by atoms with Gasteiger partial charge in [0.2, 0.25) is 9.84 Å². The molecule has 1 unspecified atom stereocenters. The Morgan fingerprint density at radius 1 is 0.892 bits per heavy atom. The fourth-order valence-corrected chi connectivity index (χ4v) is 6.48. The van der Waals surface area contributed by atoms with E-state index in [1.807, 2.05) is 13.8 Å². The van der Waals surface area contributed by atoms with Gasteiger partial charge in [-0.05, 0) is 36.6 Å². The van der Waals surface area contributed by atoms with Crippen molar-refractivity contribution >= 4 is 32.8 Å². The van der Waals surface area contributed by atoms with Gasteiger partial charge in [-0.1, -0.05) is 68.5 Å². The van der Waals surface area contributed by atoms with E-state index in [2.05, 4.69) is 5.32 Å². The standard InChI is InChI=1S/C29H26N2O5S/c1-17(2)29(15-14-25(23(32)16-29)37(35,36)24-13-6-5-11-21(24)30)31-22-12-7-10-20-26(22)28(34)19-9-4-3-8-18(19)27(20)33/h3-14,16-17,31-32H,15,30H2,1-2H3. The van der Waals surface area contributed by atoms with Crippen molar-refractivity contribution in [1.29, 1.82) is 0 Å². The van der Waals surface area contributed by atoms with Crippen LogP contribution in [-0.4, -0.2) is 30.6 Å². The number of anilines is 2. The summed E-state index contributed by atoms with van der Waals surface area (Å²) in [7, 11) is -4.06. The van der Waals surface area contributed by atoms with Gasteiger partial charge in [-0.2, -0.15) is 0 Å². The first-order chi connectivity index (χ1) is 17.6. The zero-order valence-corrected chi connectivity index (χ0v) is 21.2. The first-order valence-corrected chi connectivity index (χ1v) is 13.4. The number of ketones is 2. The van der Waals surface area contributed by atoms with Crippen LogP contribution in [0.5, 0.6) is 0 Å². The minimum atomic E-state index is -4.06. The molecule has 2 aliphatic rings. The van der Waals surface area contributed by atoms with Crippen LogP contribution in [0.25, 0.3) is 0 Å². The molecule has 0 radical (unpaired) electrons. The molecular formula is C29H26N2O5S. The molecule has 1 atom stereocenters. The molecule has 0 aliphatic heterocycles. The van der Waals surface area contributed by atoms with Crippen LogP contribution in [0.4, 0.5) is 11.4 Å². The number of para-hydroxylation sites is 1. The summed E-state index contributed by atoms with van der Waals surface area (Å²) in [5, 5.41) is 14.4. The van der Waals surface area contributed by atoms with Crippen LogP contribution in [0, 0.1) is 5.92 Å². The molecule has 0 heterocycles. The van der Waals surface area contributed by atoms with E-state index in [0.29, 0.717) is 22.4 Å². The highest BCUT2D eigenvalue weighted by Crippen LogP contribution is 2.40. The number of hydrogen-bond donors (Lipinski definition) is 3. The van der Waals surface area contributed by atoms with Gasteiger partial charge in [0, 0.05) is 22.4 Å². The summed E-state index contributed by atoms with van der Waals surface area (Å²) in [5.74, 6) is -1.04. The number of nitrogens with two attached hydrogens (primary N) is 1. The van der Waals surface area contributed by atoms with Gasteiger partial charge in [0.1, 0.15) is 10.7 Å². The third-order valence-corrected chi connectivity index (χ3v) is 9.03. The SMILES string of the molecule is CC(C)C1(Nc2cccc3c2C(=O)c2ccccc2C3=O)C=C(O)C(S(=O)(=O)c2ccccc2N)=CC1. The van der Waals surface area contributed by atoms with Crippen molar-refractivity contribution in [2.75, 3.05) is 11.1 Å². The van der Waals surface area contributed by atoms with Crippen molar-refractivity contribution in [3.63, 3.8) is 0 Å². The lowest BCUT2D eigenvalue weighted by Gasteiger charge is -2.39. The van der Waals surface area contributed by atoms with Crippen LogP contribution in [0.2, 0.25) is 0 Å². The second-order valence-corrected chi connectivity index (χ2v) is 11.5. The summed E-state index contributed by atoms with van der Waals surface area (Å²) in [4.78, 5) is 26.3. The van der Waals surface area contributed by atoms with Gasteiger partial charge in [-0.15, -0.1) is 0 Å². The number of aliphatic hydroxyl groups excluding tert-OH is 1. The Morgan fingerprint density at radius 3 is 2.16 bits per heavy atom. The van der Waals surface area contributed by atoms with Gasteiger partial charge >= 0.3 is 0 Å². The molecule has 0 aromatic heterocycles. The average molecular weight is 515 g/mol. The van der Waals surface area contributed by atoms with Gasteiger partial charge in [0.05, 0.1) is 21.7 Å². The Hall–Kier alpha value is -4.17. The van der Waals surface area contributed by atoms with Crippen molar-refractivity contribution < 1.29 is 23.1 Å². The quantitative estimate of drug-likeness (QED) is 0.318. The molecule has 0 bridgehead atoms. The topological polar surface area (TPSA) is 127 Å². The number of hydrogen-bond acceptors (Lipinski definition) is 7. The molecule has 3 aromatic carbocycles. The molecule has 0 spiro atoms. The Kier molecular flexibility index (Phi) is 5.79. The smallest absolute Gasteiger partial charge is 0.211 e. The number of aliphatic hydroxyl groups is 1. The molecule has 2 aliphatic carbocycles. The molecular weight excluding hydrogens is 488 g/mol. The molecule has 0 fully saturated rings. The molecule has 0 saturated heterocycles. The van der Waals surface area contributed by atoms with Crippen LogP contribution < -0.4 is 11.1 Å². The lowest BCUT2D eigenvalue weighted by atomic mass is 9.78. The van der Waals surface area contributed by atoms with Crippen LogP contribution in [0.3, 0.4) is 0 Å². The molecule has 0 amide bonds. The predicted molar refractivity (Wildman–Crippen MR) is 142 cm³/mol. The van der Waals surface area contributed by atoms with E-state index in [9.17, 15) is 23.1 Å². The highest BCUT2D eigenvalue weighted by molar-refractivity contribution is 7.95. The average Bonchev–Trinajstić information content (AvgIpc) is 2.87.